The highest BCUT2D eigenvalue weighted by molar-refractivity contribution is 7.14. The Bertz CT molecular complexity index is 1160. The topological polar surface area (TPSA) is 46.4 Å². The van der Waals surface area contributed by atoms with Crippen molar-refractivity contribution >= 4 is 27.9 Å². The summed E-state index contributed by atoms with van der Waals surface area (Å²) < 4.78 is 41.2. The SMILES string of the molecule is C=CCn1c(-c2ccc(C)cc2)c(NC(=O)CC)sc1=Nc1cccc(C(F)(F)F)c1. The van der Waals surface area contributed by atoms with Crippen molar-refractivity contribution in [2.45, 2.75) is 33.0 Å². The monoisotopic (exact) mass is 445 g/mol. The molecule has 0 spiro atoms. The number of halogens is 3. The molecule has 1 N–H and O–H groups in total. The fraction of sp³-hybridized carbons (Fsp3) is 0.217. The zero-order valence-electron chi connectivity index (χ0n) is 17.2. The van der Waals surface area contributed by atoms with Gasteiger partial charge < -0.3 is 9.88 Å². The number of hydrogen-bond acceptors (Lipinski definition) is 3. The van der Waals surface area contributed by atoms with Gasteiger partial charge in [-0.3, -0.25) is 4.79 Å². The van der Waals surface area contributed by atoms with Crippen molar-refractivity contribution < 1.29 is 18.0 Å². The minimum absolute atomic E-state index is 0.161. The van der Waals surface area contributed by atoms with Crippen LogP contribution in [0.3, 0.4) is 0 Å². The number of anilines is 1. The predicted octanol–water partition coefficient (Wildman–Crippen LogP) is 6.31. The third-order valence-electron chi connectivity index (χ3n) is 4.52. The van der Waals surface area contributed by atoms with E-state index in [1.54, 1.807) is 13.0 Å². The highest BCUT2D eigenvalue weighted by Gasteiger charge is 2.30. The average Bonchev–Trinajstić information content (AvgIpc) is 3.05. The predicted molar refractivity (Wildman–Crippen MR) is 118 cm³/mol. The van der Waals surface area contributed by atoms with Crippen molar-refractivity contribution in [3.63, 3.8) is 0 Å². The quantitative estimate of drug-likeness (QED) is 0.444. The van der Waals surface area contributed by atoms with Gasteiger partial charge in [0.15, 0.2) is 4.80 Å². The molecule has 0 saturated heterocycles. The van der Waals surface area contributed by atoms with E-state index < -0.39 is 11.7 Å². The number of rotatable bonds is 6. The smallest absolute Gasteiger partial charge is 0.316 e. The molecule has 1 heterocycles. The number of carbonyl (C=O) groups is 1. The Hall–Kier alpha value is -3.13. The Morgan fingerprint density at radius 3 is 2.55 bits per heavy atom. The molecule has 0 atom stereocenters. The van der Waals surface area contributed by atoms with Gasteiger partial charge in [0.2, 0.25) is 5.91 Å². The fourth-order valence-electron chi connectivity index (χ4n) is 2.95. The second kappa shape index (κ2) is 9.34. The van der Waals surface area contributed by atoms with Gasteiger partial charge >= 0.3 is 6.18 Å². The molecule has 0 saturated carbocycles. The van der Waals surface area contributed by atoms with Crippen LogP contribution in [0.5, 0.6) is 0 Å². The van der Waals surface area contributed by atoms with Gasteiger partial charge in [-0.2, -0.15) is 13.2 Å². The van der Waals surface area contributed by atoms with E-state index in [9.17, 15) is 18.0 Å². The number of hydrogen-bond donors (Lipinski definition) is 1. The standard InChI is InChI=1S/C23H22F3N3OS/c1-4-13-29-20(16-11-9-15(3)10-12-16)21(28-19(30)5-2)31-22(29)27-18-8-6-7-17(14-18)23(24,25)26/h4,6-12,14H,1,5,13H2,2-3H3,(H,28,30). The van der Waals surface area contributed by atoms with Gasteiger partial charge in [-0.1, -0.05) is 60.2 Å². The summed E-state index contributed by atoms with van der Waals surface area (Å²) in [5.74, 6) is -0.161. The summed E-state index contributed by atoms with van der Waals surface area (Å²) in [4.78, 5) is 17.1. The number of nitrogens with one attached hydrogen (secondary N) is 1. The van der Waals surface area contributed by atoms with Crippen molar-refractivity contribution in [2.75, 3.05) is 5.32 Å². The van der Waals surface area contributed by atoms with Crippen molar-refractivity contribution in [3.05, 3.63) is 77.1 Å². The first-order chi connectivity index (χ1) is 14.7. The molecule has 0 fully saturated rings. The minimum Gasteiger partial charge on any atom is -0.316 e. The number of thiazole rings is 1. The number of nitrogens with zero attached hydrogens (tertiary/aromatic N) is 2. The van der Waals surface area contributed by atoms with E-state index in [1.165, 1.54) is 23.5 Å². The number of carbonyl (C=O) groups excluding carboxylic acids is 1. The van der Waals surface area contributed by atoms with E-state index in [0.717, 1.165) is 29.0 Å². The summed E-state index contributed by atoms with van der Waals surface area (Å²) in [6.45, 7) is 7.89. The van der Waals surface area contributed by atoms with Crippen LogP contribution in [0.4, 0.5) is 23.9 Å². The molecule has 8 heteroatoms. The zero-order valence-corrected chi connectivity index (χ0v) is 18.0. The summed E-state index contributed by atoms with van der Waals surface area (Å²) in [5.41, 5.74) is 2.09. The van der Waals surface area contributed by atoms with Crippen LogP contribution < -0.4 is 10.1 Å². The summed E-state index contributed by atoms with van der Waals surface area (Å²) in [7, 11) is 0. The molecule has 1 aromatic heterocycles. The van der Waals surface area contributed by atoms with E-state index in [-0.39, 0.29) is 11.6 Å². The van der Waals surface area contributed by atoms with Crippen molar-refractivity contribution in [1.29, 1.82) is 0 Å². The van der Waals surface area contributed by atoms with Crippen LogP contribution in [0.2, 0.25) is 0 Å². The summed E-state index contributed by atoms with van der Waals surface area (Å²) in [6.07, 6.45) is -2.47. The lowest BCUT2D eigenvalue weighted by Crippen LogP contribution is -2.15. The lowest BCUT2D eigenvalue weighted by atomic mass is 10.1. The molecule has 4 nitrogen and oxygen atoms in total. The van der Waals surface area contributed by atoms with Gasteiger partial charge in [-0.15, -0.1) is 6.58 Å². The zero-order chi connectivity index (χ0) is 22.6. The first-order valence-electron chi connectivity index (χ1n) is 9.66. The Morgan fingerprint density at radius 2 is 1.94 bits per heavy atom. The molecule has 31 heavy (non-hydrogen) atoms. The number of benzene rings is 2. The Labute approximate surface area is 182 Å². The van der Waals surface area contributed by atoms with Gasteiger partial charge in [0.25, 0.3) is 0 Å². The van der Waals surface area contributed by atoms with Crippen LogP contribution in [0.25, 0.3) is 11.3 Å². The van der Waals surface area contributed by atoms with E-state index >= 15 is 0 Å². The maximum Gasteiger partial charge on any atom is 0.416 e. The minimum atomic E-state index is -4.45. The Kier molecular flexibility index (Phi) is 6.80. The van der Waals surface area contributed by atoms with Crippen molar-refractivity contribution in [2.24, 2.45) is 4.99 Å². The van der Waals surface area contributed by atoms with Crippen molar-refractivity contribution in [1.82, 2.24) is 4.57 Å². The molecule has 3 aromatic rings. The van der Waals surface area contributed by atoms with Crippen LogP contribution >= 0.6 is 11.3 Å². The lowest BCUT2D eigenvalue weighted by Gasteiger charge is -2.10. The number of aryl methyl sites for hydroxylation is 1. The molecule has 162 valence electrons. The normalized spacial score (nSPS) is 12.1. The van der Waals surface area contributed by atoms with E-state index in [4.69, 9.17) is 0 Å². The molecule has 0 aliphatic heterocycles. The molecule has 1 amide bonds. The molecule has 3 rings (SSSR count). The first kappa shape index (κ1) is 22.6. The number of amides is 1. The van der Waals surface area contributed by atoms with Crippen LogP contribution in [0.15, 0.2) is 66.2 Å². The first-order valence-corrected chi connectivity index (χ1v) is 10.5. The number of aromatic nitrogens is 1. The van der Waals surface area contributed by atoms with E-state index in [0.29, 0.717) is 22.8 Å². The fourth-order valence-corrected chi connectivity index (χ4v) is 4.05. The van der Waals surface area contributed by atoms with Crippen LogP contribution in [0.1, 0.15) is 24.5 Å². The lowest BCUT2D eigenvalue weighted by molar-refractivity contribution is -0.137. The second-order valence-electron chi connectivity index (χ2n) is 6.89. The van der Waals surface area contributed by atoms with Gasteiger partial charge in [-0.25, -0.2) is 4.99 Å². The molecule has 2 aromatic carbocycles. The average molecular weight is 446 g/mol. The molecule has 0 radical (unpaired) electrons. The van der Waals surface area contributed by atoms with Crippen LogP contribution in [0, 0.1) is 6.92 Å². The second-order valence-corrected chi connectivity index (χ2v) is 7.87. The molecular formula is C23H22F3N3OS. The molecule has 0 bridgehead atoms. The maximum atomic E-state index is 13.1. The van der Waals surface area contributed by atoms with Crippen LogP contribution in [-0.2, 0) is 17.5 Å². The summed E-state index contributed by atoms with van der Waals surface area (Å²) in [5, 5.41) is 3.48. The molecule has 0 aliphatic rings. The summed E-state index contributed by atoms with van der Waals surface area (Å²) in [6, 6.07) is 12.7. The molecule has 0 aliphatic carbocycles. The van der Waals surface area contributed by atoms with Crippen LogP contribution in [-0.4, -0.2) is 10.5 Å². The van der Waals surface area contributed by atoms with Crippen molar-refractivity contribution in [3.8, 4) is 11.3 Å². The summed E-state index contributed by atoms with van der Waals surface area (Å²) >= 11 is 1.21. The molecular weight excluding hydrogens is 423 g/mol. The third-order valence-corrected chi connectivity index (χ3v) is 5.51. The number of alkyl halides is 3. The highest BCUT2D eigenvalue weighted by Crippen LogP contribution is 2.33. The molecule has 0 unspecified atom stereocenters. The van der Waals surface area contributed by atoms with Gasteiger partial charge in [0.05, 0.1) is 16.9 Å². The highest BCUT2D eigenvalue weighted by atomic mass is 32.1. The van der Waals surface area contributed by atoms with E-state index in [2.05, 4.69) is 16.9 Å². The largest absolute Gasteiger partial charge is 0.416 e. The maximum absolute atomic E-state index is 13.1. The van der Waals surface area contributed by atoms with Gasteiger partial charge in [0, 0.05) is 18.5 Å². The third kappa shape index (κ3) is 5.32. The Morgan fingerprint density at radius 1 is 1.23 bits per heavy atom. The Balaban J connectivity index is 2.24. The number of allylic oxidation sites excluding steroid dienone is 1. The van der Waals surface area contributed by atoms with E-state index in [1.807, 2.05) is 35.8 Å². The van der Waals surface area contributed by atoms with Gasteiger partial charge in [0.1, 0.15) is 5.00 Å². The van der Waals surface area contributed by atoms with Gasteiger partial charge in [-0.05, 0) is 25.1 Å².